The number of nitrogens with zero attached hydrogens (tertiary/aromatic N) is 3. The Balaban J connectivity index is 1.36. The first-order chi connectivity index (χ1) is 15.8. The summed E-state index contributed by atoms with van der Waals surface area (Å²) in [7, 11) is 1.53. The van der Waals surface area contributed by atoms with E-state index in [1.807, 2.05) is 4.57 Å². The van der Waals surface area contributed by atoms with Gasteiger partial charge < -0.3 is 23.7 Å². The van der Waals surface area contributed by atoms with E-state index in [2.05, 4.69) is 4.98 Å². The van der Waals surface area contributed by atoms with Crippen molar-refractivity contribution in [2.45, 2.75) is 31.7 Å². The largest absolute Gasteiger partial charge is 0.454 e. The van der Waals surface area contributed by atoms with Gasteiger partial charge in [0.05, 0.1) is 16.6 Å². The fourth-order valence-corrected chi connectivity index (χ4v) is 4.50. The lowest BCUT2D eigenvalue weighted by Crippen LogP contribution is -2.39. The molecule has 1 saturated heterocycles. The molecule has 2 aromatic carbocycles. The number of hydrogen-bond acceptors (Lipinski definition) is 5. The molecule has 0 radical (unpaired) electrons. The standard InChI is InChI=1S/C23H22F3N3O4/c1-31-12-21-27-17-11-15(23(24,25)26)3-4-18(17)29(21)16-6-8-28(9-7-16)22(30)14-2-5-19-20(10-14)33-13-32-19/h2-5,10-11,16H,6-9,12-13H2,1H3. The summed E-state index contributed by atoms with van der Waals surface area (Å²) in [5.74, 6) is 1.67. The van der Waals surface area contributed by atoms with Gasteiger partial charge in [-0.1, -0.05) is 0 Å². The van der Waals surface area contributed by atoms with E-state index >= 15 is 0 Å². The molecule has 1 aromatic heterocycles. The molecule has 5 rings (SSSR count). The van der Waals surface area contributed by atoms with E-state index in [4.69, 9.17) is 14.2 Å². The highest BCUT2D eigenvalue weighted by Crippen LogP contribution is 2.36. The molecule has 10 heteroatoms. The number of rotatable bonds is 4. The predicted molar refractivity (Wildman–Crippen MR) is 112 cm³/mol. The van der Waals surface area contributed by atoms with Crippen LogP contribution in [0.2, 0.25) is 0 Å². The zero-order valence-electron chi connectivity index (χ0n) is 17.9. The number of aromatic nitrogens is 2. The number of carbonyl (C=O) groups is 1. The Kier molecular flexibility index (Phi) is 5.40. The molecular formula is C23H22F3N3O4. The molecule has 2 aliphatic rings. The average Bonchev–Trinajstić information content (AvgIpc) is 3.41. The Morgan fingerprint density at radius 2 is 1.88 bits per heavy atom. The van der Waals surface area contributed by atoms with Crippen molar-refractivity contribution < 1.29 is 32.2 Å². The smallest absolute Gasteiger partial charge is 0.416 e. The minimum Gasteiger partial charge on any atom is -0.454 e. The number of fused-ring (bicyclic) bond motifs is 2. The molecule has 1 fully saturated rings. The summed E-state index contributed by atoms with van der Waals surface area (Å²) in [5.41, 5.74) is 0.727. The highest BCUT2D eigenvalue weighted by molar-refractivity contribution is 5.95. The van der Waals surface area contributed by atoms with Crippen LogP contribution in [0.25, 0.3) is 11.0 Å². The summed E-state index contributed by atoms with van der Waals surface area (Å²) in [5, 5.41) is 0. The minimum atomic E-state index is -4.43. The number of benzene rings is 2. The van der Waals surface area contributed by atoms with Gasteiger partial charge in [0.2, 0.25) is 6.79 Å². The van der Waals surface area contributed by atoms with Crippen LogP contribution in [-0.2, 0) is 17.5 Å². The Morgan fingerprint density at radius 1 is 1.12 bits per heavy atom. The molecule has 1 amide bonds. The number of imidazole rings is 1. The molecule has 2 aliphatic heterocycles. The fraction of sp³-hybridized carbons (Fsp3) is 0.391. The monoisotopic (exact) mass is 461 g/mol. The Morgan fingerprint density at radius 3 is 2.61 bits per heavy atom. The number of hydrogen-bond donors (Lipinski definition) is 0. The zero-order chi connectivity index (χ0) is 23.2. The lowest BCUT2D eigenvalue weighted by Gasteiger charge is -2.33. The number of piperidine rings is 1. The van der Waals surface area contributed by atoms with E-state index in [1.54, 1.807) is 23.1 Å². The van der Waals surface area contributed by atoms with Gasteiger partial charge in [0.15, 0.2) is 11.5 Å². The Hall–Kier alpha value is -3.27. The van der Waals surface area contributed by atoms with Crippen LogP contribution in [0.4, 0.5) is 13.2 Å². The molecule has 3 aromatic rings. The summed E-state index contributed by atoms with van der Waals surface area (Å²) in [4.78, 5) is 19.2. The number of halogens is 3. The topological polar surface area (TPSA) is 65.8 Å². The van der Waals surface area contributed by atoms with Crippen LogP contribution in [0.3, 0.4) is 0 Å². The van der Waals surface area contributed by atoms with Crippen molar-refractivity contribution in [3.63, 3.8) is 0 Å². The molecule has 0 N–H and O–H groups in total. The van der Waals surface area contributed by atoms with Gasteiger partial charge in [-0.2, -0.15) is 13.2 Å². The lowest BCUT2D eigenvalue weighted by atomic mass is 10.0. The third-order valence-corrected chi connectivity index (χ3v) is 6.10. The van der Waals surface area contributed by atoms with Crippen molar-refractivity contribution in [2.24, 2.45) is 0 Å². The zero-order valence-corrected chi connectivity index (χ0v) is 17.9. The first-order valence-electron chi connectivity index (χ1n) is 10.6. The van der Waals surface area contributed by atoms with Crippen molar-refractivity contribution in [1.29, 1.82) is 0 Å². The lowest BCUT2D eigenvalue weighted by molar-refractivity contribution is -0.137. The Bertz CT molecular complexity index is 1200. The highest BCUT2D eigenvalue weighted by Gasteiger charge is 2.32. The second kappa shape index (κ2) is 8.26. The highest BCUT2D eigenvalue weighted by atomic mass is 19.4. The maximum Gasteiger partial charge on any atom is 0.416 e. The summed E-state index contributed by atoms with van der Waals surface area (Å²) in [6.07, 6.45) is -3.13. The predicted octanol–water partition coefficient (Wildman–Crippen LogP) is 4.41. The van der Waals surface area contributed by atoms with Crippen molar-refractivity contribution in [1.82, 2.24) is 14.5 Å². The second-order valence-electron chi connectivity index (χ2n) is 8.12. The van der Waals surface area contributed by atoms with E-state index in [-0.39, 0.29) is 30.9 Å². The number of ether oxygens (including phenoxy) is 3. The van der Waals surface area contributed by atoms with Crippen molar-refractivity contribution in [3.05, 3.63) is 53.3 Å². The third kappa shape index (κ3) is 3.99. The van der Waals surface area contributed by atoms with Crippen LogP contribution in [0, 0.1) is 0 Å². The van der Waals surface area contributed by atoms with E-state index < -0.39 is 11.7 Å². The van der Waals surface area contributed by atoms with Gasteiger partial charge in [0.25, 0.3) is 5.91 Å². The molecule has 0 aliphatic carbocycles. The second-order valence-corrected chi connectivity index (χ2v) is 8.12. The molecule has 174 valence electrons. The van der Waals surface area contributed by atoms with Gasteiger partial charge >= 0.3 is 6.18 Å². The summed E-state index contributed by atoms with van der Waals surface area (Å²) in [6.45, 7) is 1.37. The maximum absolute atomic E-state index is 13.1. The van der Waals surface area contributed by atoms with Gasteiger partial charge in [0, 0.05) is 31.8 Å². The molecule has 0 saturated carbocycles. The molecular weight excluding hydrogens is 439 g/mol. The number of methoxy groups -OCH3 is 1. The quantitative estimate of drug-likeness (QED) is 0.576. The van der Waals surface area contributed by atoms with Crippen molar-refractivity contribution >= 4 is 16.9 Å². The van der Waals surface area contributed by atoms with Crippen molar-refractivity contribution in [2.75, 3.05) is 27.0 Å². The van der Waals surface area contributed by atoms with E-state index in [0.717, 1.165) is 12.1 Å². The van der Waals surface area contributed by atoms with Crippen LogP contribution < -0.4 is 9.47 Å². The van der Waals surface area contributed by atoms with Crippen LogP contribution in [0.5, 0.6) is 11.5 Å². The number of carbonyl (C=O) groups excluding carboxylic acids is 1. The molecule has 0 spiro atoms. The van der Waals surface area contributed by atoms with Crippen LogP contribution in [0.1, 0.15) is 40.6 Å². The van der Waals surface area contributed by atoms with Gasteiger partial charge in [0.1, 0.15) is 12.4 Å². The van der Waals surface area contributed by atoms with Gasteiger partial charge in [-0.25, -0.2) is 4.98 Å². The number of likely N-dealkylation sites (tertiary alicyclic amines) is 1. The van der Waals surface area contributed by atoms with Gasteiger partial charge in [-0.15, -0.1) is 0 Å². The van der Waals surface area contributed by atoms with E-state index in [9.17, 15) is 18.0 Å². The molecule has 3 heterocycles. The summed E-state index contributed by atoms with van der Waals surface area (Å²) in [6, 6.07) is 8.76. The number of alkyl halides is 3. The first kappa shape index (κ1) is 21.6. The number of amides is 1. The van der Waals surface area contributed by atoms with Gasteiger partial charge in [-0.05, 0) is 49.2 Å². The summed E-state index contributed by atoms with van der Waals surface area (Å²) >= 11 is 0. The minimum absolute atomic E-state index is 0.00214. The summed E-state index contributed by atoms with van der Waals surface area (Å²) < 4.78 is 57.3. The molecule has 0 atom stereocenters. The Labute approximate surface area is 187 Å². The molecule has 33 heavy (non-hydrogen) atoms. The molecule has 0 bridgehead atoms. The van der Waals surface area contributed by atoms with Gasteiger partial charge in [-0.3, -0.25) is 4.79 Å². The normalized spacial score (nSPS) is 16.5. The fourth-order valence-electron chi connectivity index (χ4n) is 4.50. The maximum atomic E-state index is 13.1. The van der Waals surface area contributed by atoms with E-state index in [0.29, 0.717) is 54.3 Å². The van der Waals surface area contributed by atoms with E-state index in [1.165, 1.54) is 13.2 Å². The van der Waals surface area contributed by atoms with Crippen LogP contribution in [-0.4, -0.2) is 47.4 Å². The van der Waals surface area contributed by atoms with Crippen LogP contribution in [0.15, 0.2) is 36.4 Å². The molecule has 0 unspecified atom stereocenters. The third-order valence-electron chi connectivity index (χ3n) is 6.10. The SMILES string of the molecule is COCc1nc2cc(C(F)(F)F)ccc2n1C1CCN(C(=O)c2ccc3c(c2)OCO3)CC1. The van der Waals surface area contributed by atoms with Crippen LogP contribution >= 0.6 is 0 Å². The van der Waals surface area contributed by atoms with Crippen molar-refractivity contribution in [3.8, 4) is 11.5 Å². The first-order valence-corrected chi connectivity index (χ1v) is 10.6. The molecule has 7 nitrogen and oxygen atoms in total. The average molecular weight is 461 g/mol.